The second-order valence-corrected chi connectivity index (χ2v) is 5.97. The standard InChI is InChI=1S/C19H13ClF3N3O/c20-15-3-1-2-4-16(15)26-17-10-9-14(11-24-17)25-18(27)12-5-7-13(8-6-12)19(21,22)23/h1-11H,(H,24,26)(H,25,27). The number of aromatic nitrogens is 1. The summed E-state index contributed by atoms with van der Waals surface area (Å²) < 4.78 is 37.7. The third kappa shape index (κ3) is 4.77. The Morgan fingerprint density at radius 3 is 2.26 bits per heavy atom. The average molecular weight is 392 g/mol. The summed E-state index contributed by atoms with van der Waals surface area (Å²) in [6, 6.07) is 14.4. The summed E-state index contributed by atoms with van der Waals surface area (Å²) in [5, 5.41) is 6.17. The molecule has 2 aromatic carbocycles. The van der Waals surface area contributed by atoms with Crippen LogP contribution in [0.1, 0.15) is 15.9 Å². The van der Waals surface area contributed by atoms with Gasteiger partial charge in [0, 0.05) is 5.56 Å². The van der Waals surface area contributed by atoms with Crippen molar-refractivity contribution in [1.82, 2.24) is 4.98 Å². The summed E-state index contributed by atoms with van der Waals surface area (Å²) >= 11 is 6.06. The predicted molar refractivity (Wildman–Crippen MR) is 98.4 cm³/mol. The van der Waals surface area contributed by atoms with E-state index in [1.54, 1.807) is 30.3 Å². The van der Waals surface area contributed by atoms with E-state index in [4.69, 9.17) is 11.6 Å². The van der Waals surface area contributed by atoms with E-state index in [1.165, 1.54) is 6.20 Å². The van der Waals surface area contributed by atoms with Crippen molar-refractivity contribution >= 4 is 34.7 Å². The maximum atomic E-state index is 12.6. The molecule has 3 aromatic rings. The molecule has 0 saturated heterocycles. The molecule has 0 saturated carbocycles. The van der Waals surface area contributed by atoms with Gasteiger partial charge in [-0.3, -0.25) is 4.79 Å². The van der Waals surface area contributed by atoms with E-state index in [0.29, 0.717) is 22.2 Å². The summed E-state index contributed by atoms with van der Waals surface area (Å²) in [5.74, 6) is -0.00651. The van der Waals surface area contributed by atoms with Crippen LogP contribution in [0.15, 0.2) is 66.9 Å². The Balaban J connectivity index is 1.66. The van der Waals surface area contributed by atoms with Gasteiger partial charge in [-0.1, -0.05) is 23.7 Å². The molecule has 138 valence electrons. The van der Waals surface area contributed by atoms with Crippen LogP contribution in [0.5, 0.6) is 0 Å². The number of rotatable bonds is 4. The van der Waals surface area contributed by atoms with Gasteiger partial charge in [0.2, 0.25) is 0 Å². The molecule has 0 aliphatic rings. The van der Waals surface area contributed by atoms with Gasteiger partial charge in [0.25, 0.3) is 5.91 Å². The summed E-state index contributed by atoms with van der Waals surface area (Å²) in [6.07, 6.45) is -3.01. The third-order valence-electron chi connectivity index (χ3n) is 3.63. The lowest BCUT2D eigenvalue weighted by Gasteiger charge is -2.10. The fraction of sp³-hybridized carbons (Fsp3) is 0.0526. The molecule has 0 radical (unpaired) electrons. The van der Waals surface area contributed by atoms with Gasteiger partial charge < -0.3 is 10.6 Å². The quantitative estimate of drug-likeness (QED) is 0.595. The van der Waals surface area contributed by atoms with E-state index in [9.17, 15) is 18.0 Å². The Morgan fingerprint density at radius 1 is 0.963 bits per heavy atom. The van der Waals surface area contributed by atoms with Crippen molar-refractivity contribution in [3.63, 3.8) is 0 Å². The molecular weight excluding hydrogens is 379 g/mol. The van der Waals surface area contributed by atoms with E-state index < -0.39 is 17.6 Å². The van der Waals surface area contributed by atoms with Crippen LogP contribution in [-0.4, -0.2) is 10.9 Å². The maximum absolute atomic E-state index is 12.6. The highest BCUT2D eigenvalue weighted by molar-refractivity contribution is 6.33. The molecule has 0 atom stereocenters. The van der Waals surface area contributed by atoms with Crippen molar-refractivity contribution in [3.05, 3.63) is 83.0 Å². The topological polar surface area (TPSA) is 54.0 Å². The van der Waals surface area contributed by atoms with E-state index in [1.807, 2.05) is 6.07 Å². The first-order valence-corrected chi connectivity index (χ1v) is 8.17. The van der Waals surface area contributed by atoms with Crippen LogP contribution in [-0.2, 0) is 6.18 Å². The van der Waals surface area contributed by atoms with E-state index in [-0.39, 0.29) is 5.56 Å². The summed E-state index contributed by atoms with van der Waals surface area (Å²) in [6.45, 7) is 0. The fourth-order valence-electron chi connectivity index (χ4n) is 2.26. The van der Waals surface area contributed by atoms with Crippen LogP contribution in [0, 0.1) is 0 Å². The highest BCUT2D eigenvalue weighted by Crippen LogP contribution is 2.29. The molecule has 8 heteroatoms. The number of para-hydroxylation sites is 1. The number of halogens is 4. The number of anilines is 3. The van der Waals surface area contributed by atoms with Gasteiger partial charge in [-0.25, -0.2) is 4.98 Å². The fourth-order valence-corrected chi connectivity index (χ4v) is 2.44. The van der Waals surface area contributed by atoms with E-state index >= 15 is 0 Å². The van der Waals surface area contributed by atoms with Crippen molar-refractivity contribution in [2.45, 2.75) is 6.18 Å². The zero-order chi connectivity index (χ0) is 19.4. The van der Waals surface area contributed by atoms with Crippen LogP contribution in [0.4, 0.5) is 30.4 Å². The number of alkyl halides is 3. The first-order chi connectivity index (χ1) is 12.8. The lowest BCUT2D eigenvalue weighted by molar-refractivity contribution is -0.137. The highest BCUT2D eigenvalue weighted by Gasteiger charge is 2.30. The SMILES string of the molecule is O=C(Nc1ccc(Nc2ccccc2Cl)nc1)c1ccc(C(F)(F)F)cc1. The lowest BCUT2D eigenvalue weighted by Crippen LogP contribution is -2.13. The maximum Gasteiger partial charge on any atom is 0.416 e. The molecule has 1 amide bonds. The van der Waals surface area contributed by atoms with E-state index in [0.717, 1.165) is 24.3 Å². The zero-order valence-electron chi connectivity index (χ0n) is 13.7. The zero-order valence-corrected chi connectivity index (χ0v) is 14.5. The normalized spacial score (nSPS) is 11.1. The number of carbonyl (C=O) groups excluding carboxylic acids is 1. The Kier molecular flexibility index (Phi) is 5.32. The van der Waals surface area contributed by atoms with Crippen LogP contribution < -0.4 is 10.6 Å². The van der Waals surface area contributed by atoms with Crippen molar-refractivity contribution in [2.75, 3.05) is 10.6 Å². The largest absolute Gasteiger partial charge is 0.416 e. The first kappa shape index (κ1) is 18.7. The lowest BCUT2D eigenvalue weighted by atomic mass is 10.1. The van der Waals surface area contributed by atoms with Gasteiger partial charge in [-0.15, -0.1) is 0 Å². The third-order valence-corrected chi connectivity index (χ3v) is 3.96. The molecule has 2 N–H and O–H groups in total. The Labute approximate surface area is 158 Å². The molecule has 0 aliphatic carbocycles. The van der Waals surface area contributed by atoms with Gasteiger partial charge >= 0.3 is 6.18 Å². The molecular formula is C19H13ClF3N3O. The Hall–Kier alpha value is -3.06. The molecule has 1 heterocycles. The van der Waals surface area contributed by atoms with Crippen molar-refractivity contribution in [3.8, 4) is 0 Å². The van der Waals surface area contributed by atoms with Gasteiger partial charge in [0.15, 0.2) is 0 Å². The van der Waals surface area contributed by atoms with Crippen LogP contribution in [0.2, 0.25) is 5.02 Å². The number of nitrogens with zero attached hydrogens (tertiary/aromatic N) is 1. The van der Waals surface area contributed by atoms with Crippen molar-refractivity contribution < 1.29 is 18.0 Å². The Morgan fingerprint density at radius 2 is 1.67 bits per heavy atom. The molecule has 4 nitrogen and oxygen atoms in total. The smallest absolute Gasteiger partial charge is 0.339 e. The summed E-state index contributed by atoms with van der Waals surface area (Å²) in [7, 11) is 0. The minimum atomic E-state index is -4.44. The molecule has 0 aliphatic heterocycles. The number of nitrogens with one attached hydrogen (secondary N) is 2. The predicted octanol–water partition coefficient (Wildman–Crippen LogP) is 5.75. The molecule has 0 spiro atoms. The van der Waals surface area contributed by atoms with Gasteiger partial charge in [0.1, 0.15) is 5.82 Å². The molecule has 1 aromatic heterocycles. The molecule has 27 heavy (non-hydrogen) atoms. The van der Waals surface area contributed by atoms with Crippen LogP contribution in [0.3, 0.4) is 0 Å². The number of amides is 1. The van der Waals surface area contributed by atoms with Crippen LogP contribution >= 0.6 is 11.6 Å². The number of pyridine rings is 1. The van der Waals surface area contributed by atoms with Crippen molar-refractivity contribution in [2.24, 2.45) is 0 Å². The molecule has 3 rings (SSSR count). The van der Waals surface area contributed by atoms with Gasteiger partial charge in [-0.05, 0) is 48.5 Å². The Bertz CT molecular complexity index is 942. The molecule has 0 fully saturated rings. The minimum absolute atomic E-state index is 0.112. The van der Waals surface area contributed by atoms with E-state index in [2.05, 4.69) is 15.6 Å². The number of carbonyl (C=O) groups is 1. The summed E-state index contributed by atoms with van der Waals surface area (Å²) in [5.41, 5.74) is 0.398. The molecule has 0 unspecified atom stereocenters. The molecule has 0 bridgehead atoms. The van der Waals surface area contributed by atoms with Crippen LogP contribution in [0.25, 0.3) is 0 Å². The summed E-state index contributed by atoms with van der Waals surface area (Å²) in [4.78, 5) is 16.3. The highest BCUT2D eigenvalue weighted by atomic mass is 35.5. The number of benzene rings is 2. The number of hydrogen-bond donors (Lipinski definition) is 2. The van der Waals surface area contributed by atoms with Crippen molar-refractivity contribution in [1.29, 1.82) is 0 Å². The number of hydrogen-bond acceptors (Lipinski definition) is 3. The van der Waals surface area contributed by atoms with Gasteiger partial charge in [-0.2, -0.15) is 13.2 Å². The minimum Gasteiger partial charge on any atom is -0.339 e. The monoisotopic (exact) mass is 391 g/mol. The second-order valence-electron chi connectivity index (χ2n) is 5.57. The van der Waals surface area contributed by atoms with Gasteiger partial charge in [0.05, 0.1) is 28.2 Å². The average Bonchev–Trinajstić information content (AvgIpc) is 2.64. The second kappa shape index (κ2) is 7.67. The first-order valence-electron chi connectivity index (χ1n) is 7.79.